The largest absolute Gasteiger partial charge is 0.482 e. The minimum Gasteiger partial charge on any atom is -0.482 e. The monoisotopic (exact) mass is 421 g/mol. The van der Waals surface area contributed by atoms with Crippen molar-refractivity contribution in [3.8, 4) is 5.75 Å². The van der Waals surface area contributed by atoms with Gasteiger partial charge in [0.25, 0.3) is 5.91 Å². The van der Waals surface area contributed by atoms with Gasteiger partial charge in [0.1, 0.15) is 5.75 Å². The Morgan fingerprint density at radius 1 is 1.04 bits per heavy atom. The van der Waals surface area contributed by atoms with Crippen molar-refractivity contribution in [2.24, 2.45) is 0 Å². The van der Waals surface area contributed by atoms with Crippen LogP contribution in [0.5, 0.6) is 5.75 Å². The molecule has 136 valence electrons. The Hall–Kier alpha value is -2.87. The SMILES string of the molecule is COC(=O)c1ccccc1NC(=O)COC(=O)COc1cccc(Br)c1. The van der Waals surface area contributed by atoms with Crippen molar-refractivity contribution in [2.75, 3.05) is 25.6 Å². The normalized spacial score (nSPS) is 9.92. The van der Waals surface area contributed by atoms with Gasteiger partial charge in [-0.2, -0.15) is 0 Å². The van der Waals surface area contributed by atoms with E-state index in [4.69, 9.17) is 9.47 Å². The van der Waals surface area contributed by atoms with Crippen LogP contribution in [0.2, 0.25) is 0 Å². The highest BCUT2D eigenvalue weighted by Gasteiger charge is 2.14. The lowest BCUT2D eigenvalue weighted by Gasteiger charge is -2.10. The number of hydrogen-bond donors (Lipinski definition) is 1. The molecule has 8 heteroatoms. The quantitative estimate of drug-likeness (QED) is 0.691. The van der Waals surface area contributed by atoms with Crippen LogP contribution in [0.4, 0.5) is 5.69 Å². The van der Waals surface area contributed by atoms with Crippen molar-refractivity contribution in [2.45, 2.75) is 0 Å². The summed E-state index contributed by atoms with van der Waals surface area (Å²) in [5.41, 5.74) is 0.471. The van der Waals surface area contributed by atoms with Crippen LogP contribution in [0.25, 0.3) is 0 Å². The third-order valence-electron chi connectivity index (χ3n) is 3.12. The lowest BCUT2D eigenvalue weighted by molar-refractivity contribution is -0.149. The van der Waals surface area contributed by atoms with Gasteiger partial charge in [0, 0.05) is 4.47 Å². The van der Waals surface area contributed by atoms with Crippen molar-refractivity contribution in [3.05, 3.63) is 58.6 Å². The maximum Gasteiger partial charge on any atom is 0.344 e. The highest BCUT2D eigenvalue weighted by molar-refractivity contribution is 9.10. The Labute approximate surface area is 158 Å². The Balaban J connectivity index is 1.81. The Morgan fingerprint density at radius 3 is 2.54 bits per heavy atom. The first-order valence-electron chi connectivity index (χ1n) is 7.51. The van der Waals surface area contributed by atoms with Crippen LogP contribution in [-0.2, 0) is 19.1 Å². The zero-order valence-electron chi connectivity index (χ0n) is 13.9. The highest BCUT2D eigenvalue weighted by atomic mass is 79.9. The van der Waals surface area contributed by atoms with E-state index in [1.54, 1.807) is 36.4 Å². The molecule has 0 saturated heterocycles. The summed E-state index contributed by atoms with van der Waals surface area (Å²) in [7, 11) is 1.24. The molecular formula is C18H16BrNO6. The molecule has 1 amide bonds. The van der Waals surface area contributed by atoms with Gasteiger partial charge < -0.3 is 19.5 Å². The second kappa shape index (κ2) is 9.57. The average Bonchev–Trinajstić information content (AvgIpc) is 2.64. The number of hydrogen-bond acceptors (Lipinski definition) is 6. The zero-order valence-corrected chi connectivity index (χ0v) is 15.4. The van der Waals surface area contributed by atoms with Crippen molar-refractivity contribution < 1.29 is 28.6 Å². The van der Waals surface area contributed by atoms with E-state index in [-0.39, 0.29) is 17.9 Å². The van der Waals surface area contributed by atoms with Crippen molar-refractivity contribution >= 4 is 39.5 Å². The molecule has 0 atom stereocenters. The first-order chi connectivity index (χ1) is 12.5. The number of esters is 2. The number of ether oxygens (including phenoxy) is 3. The molecule has 0 unspecified atom stereocenters. The van der Waals surface area contributed by atoms with Crippen LogP contribution < -0.4 is 10.1 Å². The summed E-state index contributed by atoms with van der Waals surface area (Å²) < 4.78 is 15.6. The summed E-state index contributed by atoms with van der Waals surface area (Å²) in [4.78, 5) is 35.2. The number of para-hydroxylation sites is 1. The molecule has 7 nitrogen and oxygen atoms in total. The van der Waals surface area contributed by atoms with Gasteiger partial charge in [-0.15, -0.1) is 0 Å². The van der Waals surface area contributed by atoms with Crippen LogP contribution in [0.3, 0.4) is 0 Å². The van der Waals surface area contributed by atoms with Crippen LogP contribution in [0, 0.1) is 0 Å². The molecule has 0 heterocycles. The molecule has 1 N–H and O–H groups in total. The van der Waals surface area contributed by atoms with E-state index in [2.05, 4.69) is 26.0 Å². The van der Waals surface area contributed by atoms with Crippen molar-refractivity contribution in [1.29, 1.82) is 0 Å². The summed E-state index contributed by atoms with van der Waals surface area (Å²) >= 11 is 3.29. The van der Waals surface area contributed by atoms with Crippen molar-refractivity contribution in [1.82, 2.24) is 0 Å². The third kappa shape index (κ3) is 5.89. The molecule has 26 heavy (non-hydrogen) atoms. The third-order valence-corrected chi connectivity index (χ3v) is 3.62. The molecule has 0 spiro atoms. The number of halogens is 1. The second-order valence-corrected chi connectivity index (χ2v) is 5.91. The molecule has 0 fully saturated rings. The number of amides is 1. The summed E-state index contributed by atoms with van der Waals surface area (Å²) in [6, 6.07) is 13.3. The minimum atomic E-state index is -0.693. The van der Waals surface area contributed by atoms with E-state index < -0.39 is 24.5 Å². The van der Waals surface area contributed by atoms with Gasteiger partial charge in [-0.05, 0) is 30.3 Å². The van der Waals surface area contributed by atoms with Gasteiger partial charge in [0.2, 0.25) is 0 Å². The van der Waals surface area contributed by atoms with Crippen LogP contribution in [0.1, 0.15) is 10.4 Å². The van der Waals surface area contributed by atoms with E-state index in [9.17, 15) is 14.4 Å². The molecule has 2 rings (SSSR count). The van der Waals surface area contributed by atoms with E-state index in [1.807, 2.05) is 6.07 Å². The lowest BCUT2D eigenvalue weighted by Crippen LogP contribution is -2.24. The maximum atomic E-state index is 11.9. The number of carbonyl (C=O) groups is 3. The molecule has 0 aliphatic heterocycles. The van der Waals surface area contributed by atoms with Crippen LogP contribution >= 0.6 is 15.9 Å². The second-order valence-electron chi connectivity index (χ2n) is 4.99. The highest BCUT2D eigenvalue weighted by Crippen LogP contribution is 2.18. The number of nitrogens with one attached hydrogen (secondary N) is 1. The molecule has 0 aliphatic carbocycles. The Kier molecular flexibility index (Phi) is 7.16. The smallest absolute Gasteiger partial charge is 0.344 e. The lowest BCUT2D eigenvalue weighted by atomic mass is 10.2. The van der Waals surface area contributed by atoms with Gasteiger partial charge in [0.15, 0.2) is 13.2 Å². The predicted octanol–water partition coefficient (Wildman–Crippen LogP) is 2.80. The number of carbonyl (C=O) groups excluding carboxylic acids is 3. The fraction of sp³-hybridized carbons (Fsp3) is 0.167. The van der Waals surface area contributed by atoms with Gasteiger partial charge in [-0.25, -0.2) is 9.59 Å². The fourth-order valence-electron chi connectivity index (χ4n) is 1.95. The van der Waals surface area contributed by atoms with Crippen molar-refractivity contribution in [3.63, 3.8) is 0 Å². The minimum absolute atomic E-state index is 0.202. The van der Waals surface area contributed by atoms with Gasteiger partial charge in [0.05, 0.1) is 18.4 Å². The van der Waals surface area contributed by atoms with Gasteiger partial charge in [-0.3, -0.25) is 4.79 Å². The summed E-state index contributed by atoms with van der Waals surface area (Å²) in [5.74, 6) is -1.37. The Bertz CT molecular complexity index is 808. The fourth-order valence-corrected chi connectivity index (χ4v) is 2.33. The summed E-state index contributed by atoms with van der Waals surface area (Å²) in [6.45, 7) is -0.835. The van der Waals surface area contributed by atoms with E-state index in [0.29, 0.717) is 5.75 Å². The first kappa shape index (κ1) is 19.5. The maximum absolute atomic E-state index is 11.9. The van der Waals surface area contributed by atoms with E-state index in [0.717, 1.165) is 4.47 Å². The zero-order chi connectivity index (χ0) is 18.9. The topological polar surface area (TPSA) is 90.9 Å². The number of rotatable bonds is 7. The summed E-state index contributed by atoms with van der Waals surface area (Å²) in [5, 5.41) is 2.50. The average molecular weight is 422 g/mol. The predicted molar refractivity (Wildman–Crippen MR) is 97.0 cm³/mol. The van der Waals surface area contributed by atoms with E-state index >= 15 is 0 Å². The van der Waals surface area contributed by atoms with E-state index in [1.165, 1.54) is 13.2 Å². The standard InChI is InChI=1S/C18H16BrNO6/c1-24-18(23)14-7-2-3-8-15(14)20-16(21)10-26-17(22)11-25-13-6-4-5-12(19)9-13/h2-9H,10-11H2,1H3,(H,20,21). The number of anilines is 1. The first-order valence-corrected chi connectivity index (χ1v) is 8.30. The molecular weight excluding hydrogens is 406 g/mol. The van der Waals surface area contributed by atoms with Gasteiger partial charge in [-0.1, -0.05) is 34.1 Å². The van der Waals surface area contributed by atoms with Crippen LogP contribution in [0.15, 0.2) is 53.0 Å². The molecule has 0 aliphatic rings. The van der Waals surface area contributed by atoms with Crippen LogP contribution in [-0.4, -0.2) is 38.2 Å². The molecule has 0 saturated carbocycles. The number of benzene rings is 2. The number of methoxy groups -OCH3 is 1. The van der Waals surface area contributed by atoms with Gasteiger partial charge >= 0.3 is 11.9 Å². The molecule has 2 aromatic carbocycles. The molecule has 0 bridgehead atoms. The molecule has 2 aromatic rings. The molecule has 0 radical (unpaired) electrons. The summed E-state index contributed by atoms with van der Waals surface area (Å²) in [6.07, 6.45) is 0. The molecule has 0 aromatic heterocycles. The Morgan fingerprint density at radius 2 is 1.81 bits per heavy atom.